The summed E-state index contributed by atoms with van der Waals surface area (Å²) in [6.45, 7) is -0.403. The van der Waals surface area contributed by atoms with E-state index in [0.717, 1.165) is 29.1 Å². The maximum atomic E-state index is 13.7. The van der Waals surface area contributed by atoms with Crippen LogP contribution in [-0.2, 0) is 21.2 Å². The van der Waals surface area contributed by atoms with Crippen molar-refractivity contribution in [2.24, 2.45) is 0 Å². The monoisotopic (exact) mass is 480 g/mol. The first kappa shape index (κ1) is 23.6. The van der Waals surface area contributed by atoms with Crippen molar-refractivity contribution >= 4 is 21.6 Å². The number of aryl methyl sites for hydroxylation is 1. The molecule has 1 N–H and O–H groups in total. The van der Waals surface area contributed by atoms with Crippen LogP contribution < -0.4 is 19.1 Å². The number of benzene rings is 3. The molecule has 0 saturated carbocycles. The van der Waals surface area contributed by atoms with Gasteiger partial charge in [-0.05, 0) is 54.7 Å². The zero-order chi connectivity index (χ0) is 24.1. The molecule has 7 nitrogen and oxygen atoms in total. The molecule has 0 spiro atoms. The SMILES string of the molecule is COc1ccc(OC)c(N(CC(=O)NC2CCCc3ccccc32)S(=O)(=O)c2ccccc2)c1. The minimum atomic E-state index is -4.07. The molecule has 34 heavy (non-hydrogen) atoms. The van der Waals surface area contributed by atoms with E-state index in [-0.39, 0.29) is 16.6 Å². The Morgan fingerprint density at radius 1 is 1.00 bits per heavy atom. The van der Waals surface area contributed by atoms with Crippen LogP contribution >= 0.6 is 0 Å². The fraction of sp³-hybridized carbons (Fsp3) is 0.269. The van der Waals surface area contributed by atoms with Crippen LogP contribution in [0.1, 0.15) is 30.0 Å². The van der Waals surface area contributed by atoms with Gasteiger partial charge in [0.25, 0.3) is 10.0 Å². The molecule has 1 amide bonds. The predicted octanol–water partition coefficient (Wildman–Crippen LogP) is 4.09. The molecule has 0 fully saturated rings. The van der Waals surface area contributed by atoms with Crippen molar-refractivity contribution < 1.29 is 22.7 Å². The lowest BCUT2D eigenvalue weighted by Gasteiger charge is -2.29. The highest BCUT2D eigenvalue weighted by molar-refractivity contribution is 7.92. The fourth-order valence-electron chi connectivity index (χ4n) is 4.29. The van der Waals surface area contributed by atoms with Gasteiger partial charge in [0.1, 0.15) is 18.0 Å². The average molecular weight is 481 g/mol. The second kappa shape index (κ2) is 10.2. The summed E-state index contributed by atoms with van der Waals surface area (Å²) in [5.41, 5.74) is 2.52. The summed E-state index contributed by atoms with van der Waals surface area (Å²) in [4.78, 5) is 13.3. The van der Waals surface area contributed by atoms with E-state index in [1.54, 1.807) is 36.4 Å². The number of nitrogens with zero attached hydrogens (tertiary/aromatic N) is 1. The number of hydrogen-bond acceptors (Lipinski definition) is 5. The smallest absolute Gasteiger partial charge is 0.264 e. The lowest BCUT2D eigenvalue weighted by Crippen LogP contribution is -2.42. The van der Waals surface area contributed by atoms with Crippen molar-refractivity contribution in [2.45, 2.75) is 30.2 Å². The molecule has 0 heterocycles. The summed E-state index contributed by atoms with van der Waals surface area (Å²) in [6.07, 6.45) is 2.73. The molecule has 0 aliphatic heterocycles. The van der Waals surface area contributed by atoms with Crippen LogP contribution in [-0.4, -0.2) is 35.1 Å². The number of methoxy groups -OCH3 is 2. The maximum Gasteiger partial charge on any atom is 0.264 e. The van der Waals surface area contributed by atoms with Crippen molar-refractivity contribution in [2.75, 3.05) is 25.1 Å². The Morgan fingerprint density at radius 2 is 1.74 bits per heavy atom. The molecule has 0 saturated heterocycles. The molecule has 3 aromatic carbocycles. The van der Waals surface area contributed by atoms with Gasteiger partial charge in [-0.25, -0.2) is 8.42 Å². The van der Waals surface area contributed by atoms with Crippen molar-refractivity contribution in [3.05, 3.63) is 83.9 Å². The highest BCUT2D eigenvalue weighted by atomic mass is 32.2. The Labute approximate surface area is 200 Å². The van der Waals surface area contributed by atoms with E-state index in [9.17, 15) is 13.2 Å². The van der Waals surface area contributed by atoms with Gasteiger partial charge in [0, 0.05) is 6.07 Å². The molecule has 3 aromatic rings. The molecule has 1 aliphatic carbocycles. The first-order valence-corrected chi connectivity index (χ1v) is 12.5. The predicted molar refractivity (Wildman–Crippen MR) is 131 cm³/mol. The largest absolute Gasteiger partial charge is 0.497 e. The maximum absolute atomic E-state index is 13.7. The standard InChI is InChI=1S/C26H28N2O5S/c1-32-20-15-16-25(33-2)24(17-20)28(34(30,31)21-11-4-3-5-12-21)18-26(29)27-23-14-8-10-19-9-6-7-13-22(19)23/h3-7,9,11-13,15-17,23H,8,10,14,18H2,1-2H3,(H,27,29). The zero-order valence-electron chi connectivity index (χ0n) is 19.2. The molecule has 8 heteroatoms. The normalized spacial score (nSPS) is 15.2. The molecule has 178 valence electrons. The van der Waals surface area contributed by atoms with Gasteiger partial charge in [0.05, 0.1) is 30.8 Å². The van der Waals surface area contributed by atoms with Crippen molar-refractivity contribution in [1.82, 2.24) is 5.32 Å². The van der Waals surface area contributed by atoms with Gasteiger partial charge < -0.3 is 14.8 Å². The Balaban J connectivity index is 1.69. The number of carbonyl (C=O) groups excluding carboxylic acids is 1. The topological polar surface area (TPSA) is 84.9 Å². The Morgan fingerprint density at radius 3 is 2.47 bits per heavy atom. The molecule has 0 radical (unpaired) electrons. The van der Waals surface area contributed by atoms with Crippen molar-refractivity contribution in [3.8, 4) is 11.5 Å². The van der Waals surface area contributed by atoms with E-state index in [2.05, 4.69) is 11.4 Å². The second-order valence-electron chi connectivity index (χ2n) is 8.07. The number of anilines is 1. The summed E-state index contributed by atoms with van der Waals surface area (Å²) in [5.74, 6) is 0.368. The minimum absolute atomic E-state index is 0.0793. The van der Waals surface area contributed by atoms with Crippen LogP contribution in [0.3, 0.4) is 0 Å². The number of carbonyl (C=O) groups is 1. The number of hydrogen-bond donors (Lipinski definition) is 1. The Bertz CT molecular complexity index is 1260. The number of rotatable bonds is 8. The molecule has 0 bridgehead atoms. The van der Waals surface area contributed by atoms with Crippen LogP contribution in [0.5, 0.6) is 11.5 Å². The molecule has 1 atom stereocenters. The fourth-order valence-corrected chi connectivity index (χ4v) is 5.73. The van der Waals surface area contributed by atoms with Gasteiger partial charge in [0.15, 0.2) is 0 Å². The molecular formula is C26H28N2O5S. The van der Waals surface area contributed by atoms with E-state index in [1.165, 1.54) is 31.9 Å². The van der Waals surface area contributed by atoms with Crippen LogP contribution in [0.15, 0.2) is 77.7 Å². The number of ether oxygens (including phenoxy) is 2. The minimum Gasteiger partial charge on any atom is -0.497 e. The second-order valence-corrected chi connectivity index (χ2v) is 9.94. The van der Waals surface area contributed by atoms with Crippen LogP contribution in [0.4, 0.5) is 5.69 Å². The summed E-state index contributed by atoms with van der Waals surface area (Å²) < 4.78 is 39.2. The molecule has 4 rings (SSSR count). The lowest BCUT2D eigenvalue weighted by molar-refractivity contribution is -0.120. The molecule has 1 aliphatic rings. The summed E-state index contributed by atoms with van der Waals surface area (Å²) >= 11 is 0. The zero-order valence-corrected chi connectivity index (χ0v) is 20.0. The average Bonchev–Trinajstić information content (AvgIpc) is 2.87. The third-order valence-corrected chi connectivity index (χ3v) is 7.75. The summed E-state index contributed by atoms with van der Waals surface area (Å²) in [5, 5.41) is 3.05. The van der Waals surface area contributed by atoms with E-state index >= 15 is 0 Å². The van der Waals surface area contributed by atoms with Crippen LogP contribution in [0.2, 0.25) is 0 Å². The third-order valence-electron chi connectivity index (χ3n) is 5.98. The number of amides is 1. The highest BCUT2D eigenvalue weighted by Crippen LogP contribution is 2.36. The number of nitrogens with one attached hydrogen (secondary N) is 1. The summed E-state index contributed by atoms with van der Waals surface area (Å²) in [6, 6.07) is 20.8. The summed E-state index contributed by atoms with van der Waals surface area (Å²) in [7, 11) is -1.12. The van der Waals surface area contributed by atoms with E-state index < -0.39 is 22.5 Å². The third kappa shape index (κ3) is 4.87. The van der Waals surface area contributed by atoms with Crippen LogP contribution in [0, 0.1) is 0 Å². The molecular weight excluding hydrogens is 452 g/mol. The van der Waals surface area contributed by atoms with E-state index in [0.29, 0.717) is 11.5 Å². The van der Waals surface area contributed by atoms with Gasteiger partial charge in [-0.1, -0.05) is 42.5 Å². The van der Waals surface area contributed by atoms with Gasteiger partial charge in [0.2, 0.25) is 5.91 Å². The van der Waals surface area contributed by atoms with Gasteiger partial charge >= 0.3 is 0 Å². The lowest BCUT2D eigenvalue weighted by atomic mass is 9.88. The Kier molecular flexibility index (Phi) is 7.07. The molecule has 1 unspecified atom stereocenters. The van der Waals surface area contributed by atoms with E-state index in [4.69, 9.17) is 9.47 Å². The number of fused-ring (bicyclic) bond motifs is 1. The first-order valence-electron chi connectivity index (χ1n) is 11.1. The highest BCUT2D eigenvalue weighted by Gasteiger charge is 2.31. The van der Waals surface area contributed by atoms with Gasteiger partial charge in [-0.2, -0.15) is 0 Å². The Hall–Kier alpha value is -3.52. The molecule has 0 aromatic heterocycles. The van der Waals surface area contributed by atoms with Crippen LogP contribution in [0.25, 0.3) is 0 Å². The van der Waals surface area contributed by atoms with E-state index in [1.807, 2.05) is 18.2 Å². The number of sulfonamides is 1. The van der Waals surface area contributed by atoms with Gasteiger partial charge in [-0.3, -0.25) is 9.10 Å². The van der Waals surface area contributed by atoms with Crippen molar-refractivity contribution in [1.29, 1.82) is 0 Å². The van der Waals surface area contributed by atoms with Gasteiger partial charge in [-0.15, -0.1) is 0 Å². The van der Waals surface area contributed by atoms with Crippen molar-refractivity contribution in [3.63, 3.8) is 0 Å². The first-order chi connectivity index (χ1) is 16.4. The quantitative estimate of drug-likeness (QED) is 0.525.